The first-order chi connectivity index (χ1) is 11.3. The van der Waals surface area contributed by atoms with Gasteiger partial charge in [0.05, 0.1) is 5.69 Å². The molecular formula is C16H17ClFN5S. The van der Waals surface area contributed by atoms with Gasteiger partial charge in [0.15, 0.2) is 0 Å². The predicted octanol–water partition coefficient (Wildman–Crippen LogP) is 3.11. The Morgan fingerprint density at radius 3 is 2.54 bits per heavy atom. The van der Waals surface area contributed by atoms with Gasteiger partial charge >= 0.3 is 0 Å². The smallest absolute Gasteiger partial charge is 0.214 e. The summed E-state index contributed by atoms with van der Waals surface area (Å²) in [4.78, 5) is 0. The van der Waals surface area contributed by atoms with Crippen molar-refractivity contribution in [3.8, 4) is 5.69 Å². The zero-order valence-electron chi connectivity index (χ0n) is 12.8. The van der Waals surface area contributed by atoms with Gasteiger partial charge in [-0.2, -0.15) is 4.68 Å². The number of halogens is 2. The summed E-state index contributed by atoms with van der Waals surface area (Å²) in [5, 5.41) is 15.9. The van der Waals surface area contributed by atoms with Gasteiger partial charge in [-0.15, -0.1) is 17.5 Å². The Hall–Kier alpha value is -1.96. The Labute approximate surface area is 150 Å². The van der Waals surface area contributed by atoms with Crippen molar-refractivity contribution in [2.75, 3.05) is 12.3 Å². The first kappa shape index (κ1) is 18.4. The fourth-order valence-corrected chi connectivity index (χ4v) is 2.84. The first-order valence-electron chi connectivity index (χ1n) is 7.25. The van der Waals surface area contributed by atoms with E-state index >= 15 is 0 Å². The number of hydrogen-bond acceptors (Lipinski definition) is 5. The van der Waals surface area contributed by atoms with E-state index in [-0.39, 0.29) is 18.2 Å². The summed E-state index contributed by atoms with van der Waals surface area (Å²) in [7, 11) is 0. The SMILES string of the molecule is Cl.Fc1ccc(CNCCSc2nnnn2-c2ccccc2)cc1. The molecule has 8 heteroatoms. The lowest BCUT2D eigenvalue weighted by Gasteiger charge is -2.06. The highest BCUT2D eigenvalue weighted by molar-refractivity contribution is 7.99. The minimum atomic E-state index is -0.211. The number of aromatic nitrogens is 4. The van der Waals surface area contributed by atoms with E-state index in [2.05, 4.69) is 20.8 Å². The summed E-state index contributed by atoms with van der Waals surface area (Å²) in [5.74, 6) is 0.631. The molecule has 3 rings (SSSR count). The fourth-order valence-electron chi connectivity index (χ4n) is 2.05. The maximum absolute atomic E-state index is 12.8. The van der Waals surface area contributed by atoms with Crippen LogP contribution >= 0.6 is 24.2 Å². The molecule has 0 spiro atoms. The van der Waals surface area contributed by atoms with Crippen molar-refractivity contribution >= 4 is 24.2 Å². The van der Waals surface area contributed by atoms with E-state index in [0.29, 0.717) is 6.54 Å². The molecule has 0 radical (unpaired) electrons. The molecule has 0 aliphatic rings. The van der Waals surface area contributed by atoms with Crippen molar-refractivity contribution in [2.24, 2.45) is 0 Å². The van der Waals surface area contributed by atoms with Gasteiger partial charge in [0.1, 0.15) is 5.82 Å². The quantitative estimate of drug-likeness (QED) is 0.515. The summed E-state index contributed by atoms with van der Waals surface area (Å²) >= 11 is 1.59. The third-order valence-corrected chi connectivity index (χ3v) is 4.12. The molecule has 0 bridgehead atoms. The van der Waals surface area contributed by atoms with Crippen LogP contribution in [0.4, 0.5) is 4.39 Å². The second kappa shape index (κ2) is 9.36. The molecule has 1 N–H and O–H groups in total. The first-order valence-corrected chi connectivity index (χ1v) is 8.23. The second-order valence-electron chi connectivity index (χ2n) is 4.86. The monoisotopic (exact) mass is 365 g/mol. The van der Waals surface area contributed by atoms with Crippen LogP contribution in [0.5, 0.6) is 0 Å². The molecule has 0 saturated heterocycles. The lowest BCUT2D eigenvalue weighted by Crippen LogP contribution is -2.16. The van der Waals surface area contributed by atoms with Gasteiger partial charge in [-0.1, -0.05) is 42.1 Å². The number of thioether (sulfide) groups is 1. The lowest BCUT2D eigenvalue weighted by atomic mass is 10.2. The van der Waals surface area contributed by atoms with Gasteiger partial charge in [0.25, 0.3) is 0 Å². The van der Waals surface area contributed by atoms with Crippen molar-refractivity contribution in [1.82, 2.24) is 25.5 Å². The minimum Gasteiger partial charge on any atom is -0.312 e. The van der Waals surface area contributed by atoms with E-state index in [9.17, 15) is 4.39 Å². The van der Waals surface area contributed by atoms with Crippen LogP contribution in [0.25, 0.3) is 5.69 Å². The van der Waals surface area contributed by atoms with E-state index in [1.807, 2.05) is 30.3 Å². The summed E-state index contributed by atoms with van der Waals surface area (Å²) in [6.45, 7) is 1.52. The third kappa shape index (κ3) is 5.02. The Kier molecular flexibility index (Phi) is 7.17. The standard InChI is InChI=1S/C16H16FN5S.ClH/c17-14-8-6-13(7-9-14)12-18-10-11-23-16-19-20-21-22(16)15-4-2-1-3-5-15;/h1-9,18H,10-12H2;1H. The van der Waals surface area contributed by atoms with Gasteiger partial charge in [-0.25, -0.2) is 4.39 Å². The molecule has 2 aromatic carbocycles. The van der Waals surface area contributed by atoms with Crippen LogP contribution < -0.4 is 5.32 Å². The molecule has 126 valence electrons. The molecule has 0 atom stereocenters. The molecule has 5 nitrogen and oxygen atoms in total. The van der Waals surface area contributed by atoms with Crippen molar-refractivity contribution in [3.63, 3.8) is 0 Å². The van der Waals surface area contributed by atoms with E-state index in [0.717, 1.165) is 28.7 Å². The van der Waals surface area contributed by atoms with Gasteiger partial charge < -0.3 is 5.32 Å². The molecule has 0 aliphatic heterocycles. The molecule has 0 aliphatic carbocycles. The summed E-state index contributed by atoms with van der Waals surface area (Å²) in [6, 6.07) is 16.3. The number of hydrogen-bond donors (Lipinski definition) is 1. The Morgan fingerprint density at radius 1 is 1.04 bits per heavy atom. The molecule has 0 unspecified atom stereocenters. The normalized spacial score (nSPS) is 10.4. The molecule has 3 aromatic rings. The number of para-hydroxylation sites is 1. The maximum Gasteiger partial charge on any atom is 0.214 e. The van der Waals surface area contributed by atoms with Crippen LogP contribution in [0.1, 0.15) is 5.56 Å². The molecule has 0 amide bonds. The fraction of sp³-hybridized carbons (Fsp3) is 0.188. The summed E-state index contributed by atoms with van der Waals surface area (Å²) < 4.78 is 14.5. The van der Waals surface area contributed by atoms with Gasteiger partial charge in [0.2, 0.25) is 5.16 Å². The van der Waals surface area contributed by atoms with E-state index in [1.54, 1.807) is 28.6 Å². The number of nitrogens with zero attached hydrogens (tertiary/aromatic N) is 4. The molecule has 1 aromatic heterocycles. The third-order valence-electron chi connectivity index (χ3n) is 3.19. The van der Waals surface area contributed by atoms with E-state index < -0.39 is 0 Å². The van der Waals surface area contributed by atoms with Gasteiger partial charge in [-0.05, 0) is 40.3 Å². The van der Waals surface area contributed by atoms with Crippen LogP contribution in [0, 0.1) is 5.82 Å². The Bertz CT molecular complexity index is 736. The topological polar surface area (TPSA) is 55.6 Å². The molecule has 1 heterocycles. The van der Waals surface area contributed by atoms with Crippen molar-refractivity contribution in [2.45, 2.75) is 11.7 Å². The van der Waals surface area contributed by atoms with E-state index in [4.69, 9.17) is 0 Å². The number of rotatable bonds is 7. The maximum atomic E-state index is 12.8. The van der Waals surface area contributed by atoms with Crippen LogP contribution in [0.2, 0.25) is 0 Å². The van der Waals surface area contributed by atoms with Crippen LogP contribution in [0.3, 0.4) is 0 Å². The van der Waals surface area contributed by atoms with Crippen LogP contribution in [0.15, 0.2) is 59.8 Å². The largest absolute Gasteiger partial charge is 0.312 e. The highest BCUT2D eigenvalue weighted by Gasteiger charge is 2.07. The molecular weight excluding hydrogens is 349 g/mol. The number of nitrogens with one attached hydrogen (secondary N) is 1. The molecule has 24 heavy (non-hydrogen) atoms. The van der Waals surface area contributed by atoms with E-state index in [1.165, 1.54) is 12.1 Å². The average molecular weight is 366 g/mol. The van der Waals surface area contributed by atoms with Crippen molar-refractivity contribution < 1.29 is 4.39 Å². The Morgan fingerprint density at radius 2 is 1.79 bits per heavy atom. The average Bonchev–Trinajstić information content (AvgIpc) is 3.05. The second-order valence-corrected chi connectivity index (χ2v) is 5.92. The zero-order chi connectivity index (χ0) is 15.9. The lowest BCUT2D eigenvalue weighted by molar-refractivity contribution is 0.625. The summed E-state index contributed by atoms with van der Waals surface area (Å²) in [6.07, 6.45) is 0. The molecule has 0 fully saturated rings. The van der Waals surface area contributed by atoms with Crippen LogP contribution in [-0.4, -0.2) is 32.5 Å². The highest BCUT2D eigenvalue weighted by Crippen LogP contribution is 2.17. The zero-order valence-corrected chi connectivity index (χ0v) is 14.4. The highest BCUT2D eigenvalue weighted by atomic mass is 35.5. The minimum absolute atomic E-state index is 0. The number of benzene rings is 2. The van der Waals surface area contributed by atoms with Gasteiger partial charge in [0, 0.05) is 18.8 Å². The predicted molar refractivity (Wildman–Crippen MR) is 95.2 cm³/mol. The summed E-state index contributed by atoms with van der Waals surface area (Å²) in [5.41, 5.74) is 2.00. The number of tetrazole rings is 1. The van der Waals surface area contributed by atoms with Crippen LogP contribution in [-0.2, 0) is 6.54 Å². The Balaban J connectivity index is 0.00000208. The van der Waals surface area contributed by atoms with Crippen molar-refractivity contribution in [3.05, 3.63) is 66.0 Å². The van der Waals surface area contributed by atoms with Crippen molar-refractivity contribution in [1.29, 1.82) is 0 Å². The molecule has 0 saturated carbocycles. The van der Waals surface area contributed by atoms with Gasteiger partial charge in [-0.3, -0.25) is 0 Å².